The van der Waals surface area contributed by atoms with Crippen LogP contribution >= 0.6 is 11.6 Å². The van der Waals surface area contributed by atoms with Gasteiger partial charge in [-0.05, 0) is 37.5 Å². The van der Waals surface area contributed by atoms with E-state index in [1.54, 1.807) is 0 Å². The fourth-order valence-electron chi connectivity index (χ4n) is 2.93. The van der Waals surface area contributed by atoms with Crippen molar-refractivity contribution in [3.05, 3.63) is 41.2 Å². The summed E-state index contributed by atoms with van der Waals surface area (Å²) < 4.78 is 2.28. The molecule has 0 bridgehead atoms. The lowest BCUT2D eigenvalue weighted by Gasteiger charge is -2.25. The maximum absolute atomic E-state index is 6.18. The third-order valence-corrected chi connectivity index (χ3v) is 4.56. The van der Waals surface area contributed by atoms with Gasteiger partial charge in [0, 0.05) is 29.1 Å². The predicted molar refractivity (Wildman–Crippen MR) is 83.8 cm³/mol. The van der Waals surface area contributed by atoms with Crippen LogP contribution in [0.15, 0.2) is 30.6 Å². The second-order valence-corrected chi connectivity index (χ2v) is 5.89. The molecule has 0 saturated heterocycles. The summed E-state index contributed by atoms with van der Waals surface area (Å²) in [5.41, 5.74) is 2.09. The Morgan fingerprint density at radius 3 is 2.85 bits per heavy atom. The van der Waals surface area contributed by atoms with Gasteiger partial charge in [-0.15, -0.1) is 0 Å². The van der Waals surface area contributed by atoms with Gasteiger partial charge in [0.2, 0.25) is 5.95 Å². The number of hydrogen-bond acceptors (Lipinski definition) is 2. The van der Waals surface area contributed by atoms with E-state index in [2.05, 4.69) is 21.1 Å². The highest BCUT2D eigenvalue weighted by atomic mass is 35.5. The predicted octanol–water partition coefficient (Wildman–Crippen LogP) is 5.09. The Bertz CT molecular complexity index is 585. The van der Waals surface area contributed by atoms with Gasteiger partial charge in [-0.25, -0.2) is 4.98 Å². The normalized spacial score (nSPS) is 16.3. The van der Waals surface area contributed by atoms with Crippen LogP contribution in [0.3, 0.4) is 0 Å². The Morgan fingerprint density at radius 2 is 2.05 bits per heavy atom. The third kappa shape index (κ3) is 2.68. The number of nitrogens with one attached hydrogen (secondary N) is 1. The topological polar surface area (TPSA) is 29.9 Å². The molecule has 2 aromatic rings. The minimum atomic E-state index is 0.577. The average molecular weight is 290 g/mol. The van der Waals surface area contributed by atoms with Gasteiger partial charge < -0.3 is 9.88 Å². The molecule has 1 heterocycles. The molecule has 0 unspecified atom stereocenters. The number of rotatable bonds is 3. The largest absolute Gasteiger partial charge is 0.325 e. The molecule has 0 amide bonds. The Kier molecular flexibility index (Phi) is 3.97. The molecule has 1 fully saturated rings. The molecule has 0 spiro atoms. The second kappa shape index (κ2) is 5.88. The van der Waals surface area contributed by atoms with E-state index in [1.165, 1.54) is 32.1 Å². The molecule has 20 heavy (non-hydrogen) atoms. The highest BCUT2D eigenvalue weighted by molar-refractivity contribution is 6.31. The zero-order valence-corrected chi connectivity index (χ0v) is 12.5. The van der Waals surface area contributed by atoms with Gasteiger partial charge in [0.1, 0.15) is 0 Å². The average Bonchev–Trinajstić information content (AvgIpc) is 2.93. The lowest BCUT2D eigenvalue weighted by Crippen LogP contribution is -2.14. The summed E-state index contributed by atoms with van der Waals surface area (Å²) in [6.45, 7) is 2.03. The summed E-state index contributed by atoms with van der Waals surface area (Å²) in [7, 11) is 0. The third-order valence-electron chi connectivity index (χ3n) is 4.15. The molecule has 1 N–H and O–H groups in total. The first-order chi connectivity index (χ1) is 9.75. The quantitative estimate of drug-likeness (QED) is 0.852. The van der Waals surface area contributed by atoms with Gasteiger partial charge in [0.25, 0.3) is 0 Å². The molecule has 1 aliphatic carbocycles. The molecule has 106 valence electrons. The number of imidazole rings is 1. The van der Waals surface area contributed by atoms with Crippen molar-refractivity contribution in [3.63, 3.8) is 0 Å². The molecule has 0 aliphatic heterocycles. The summed E-state index contributed by atoms with van der Waals surface area (Å²) in [6, 6.07) is 6.50. The molecule has 1 aromatic carbocycles. The number of anilines is 2. The SMILES string of the molecule is Cc1c(Cl)cccc1Nc1nccn1C1CCCCC1. The van der Waals surface area contributed by atoms with Crippen LogP contribution in [0.25, 0.3) is 0 Å². The van der Waals surface area contributed by atoms with Gasteiger partial charge in [0.05, 0.1) is 0 Å². The lowest BCUT2D eigenvalue weighted by molar-refractivity contribution is 0.356. The zero-order chi connectivity index (χ0) is 13.9. The van der Waals surface area contributed by atoms with Crippen LogP contribution in [0, 0.1) is 6.92 Å². The smallest absolute Gasteiger partial charge is 0.207 e. The van der Waals surface area contributed by atoms with Crippen molar-refractivity contribution in [2.75, 3.05) is 5.32 Å². The lowest BCUT2D eigenvalue weighted by atomic mass is 9.95. The van der Waals surface area contributed by atoms with Crippen molar-refractivity contribution >= 4 is 23.2 Å². The molecule has 1 saturated carbocycles. The van der Waals surface area contributed by atoms with E-state index in [4.69, 9.17) is 11.6 Å². The van der Waals surface area contributed by atoms with Crippen molar-refractivity contribution in [1.29, 1.82) is 0 Å². The van der Waals surface area contributed by atoms with Crippen LogP contribution in [0.2, 0.25) is 5.02 Å². The highest BCUT2D eigenvalue weighted by Gasteiger charge is 2.18. The standard InChI is InChI=1S/C16H20ClN3/c1-12-14(17)8-5-9-15(12)19-16-18-10-11-20(16)13-6-3-2-4-7-13/h5,8-11,13H,2-4,6-7H2,1H3,(H,18,19). The van der Waals surface area contributed by atoms with E-state index in [-0.39, 0.29) is 0 Å². The van der Waals surface area contributed by atoms with Gasteiger partial charge >= 0.3 is 0 Å². The fourth-order valence-corrected chi connectivity index (χ4v) is 3.10. The van der Waals surface area contributed by atoms with Crippen molar-refractivity contribution < 1.29 is 0 Å². The second-order valence-electron chi connectivity index (χ2n) is 5.49. The monoisotopic (exact) mass is 289 g/mol. The maximum atomic E-state index is 6.18. The maximum Gasteiger partial charge on any atom is 0.207 e. The first-order valence-electron chi connectivity index (χ1n) is 7.30. The summed E-state index contributed by atoms with van der Waals surface area (Å²) in [5.74, 6) is 0.919. The van der Waals surface area contributed by atoms with E-state index in [1.807, 2.05) is 31.3 Å². The van der Waals surface area contributed by atoms with Gasteiger partial charge in [-0.3, -0.25) is 0 Å². The van der Waals surface area contributed by atoms with Crippen LogP contribution < -0.4 is 5.32 Å². The molecule has 1 aliphatic rings. The molecule has 1 aromatic heterocycles. The number of benzene rings is 1. The van der Waals surface area contributed by atoms with Crippen molar-refractivity contribution in [2.45, 2.75) is 45.1 Å². The molecule has 0 atom stereocenters. The zero-order valence-electron chi connectivity index (χ0n) is 11.8. The van der Waals surface area contributed by atoms with Crippen LogP contribution in [-0.4, -0.2) is 9.55 Å². The molecule has 4 heteroatoms. The van der Waals surface area contributed by atoms with Crippen LogP contribution in [0.4, 0.5) is 11.6 Å². The van der Waals surface area contributed by atoms with E-state index in [0.717, 1.165) is 22.2 Å². The molecule has 3 rings (SSSR count). The Morgan fingerprint density at radius 1 is 1.25 bits per heavy atom. The molecule has 0 radical (unpaired) electrons. The first kappa shape index (κ1) is 13.5. The van der Waals surface area contributed by atoms with E-state index in [9.17, 15) is 0 Å². The van der Waals surface area contributed by atoms with Gasteiger partial charge in [-0.2, -0.15) is 0 Å². The van der Waals surface area contributed by atoms with Crippen LogP contribution in [-0.2, 0) is 0 Å². The molecular formula is C16H20ClN3. The van der Waals surface area contributed by atoms with Crippen molar-refractivity contribution in [2.24, 2.45) is 0 Å². The number of hydrogen-bond donors (Lipinski definition) is 1. The summed E-state index contributed by atoms with van der Waals surface area (Å²) in [5, 5.41) is 4.21. The molecular weight excluding hydrogens is 270 g/mol. The summed E-state index contributed by atoms with van der Waals surface area (Å²) in [6.07, 6.45) is 10.5. The molecule has 3 nitrogen and oxygen atoms in total. The van der Waals surface area contributed by atoms with Crippen molar-refractivity contribution in [1.82, 2.24) is 9.55 Å². The van der Waals surface area contributed by atoms with Gasteiger partial charge in [0.15, 0.2) is 0 Å². The highest BCUT2D eigenvalue weighted by Crippen LogP contribution is 2.32. The summed E-state index contributed by atoms with van der Waals surface area (Å²) >= 11 is 6.18. The minimum absolute atomic E-state index is 0.577. The van der Waals surface area contributed by atoms with Crippen molar-refractivity contribution in [3.8, 4) is 0 Å². The minimum Gasteiger partial charge on any atom is -0.325 e. The Balaban J connectivity index is 1.84. The van der Waals surface area contributed by atoms with E-state index < -0.39 is 0 Å². The fraction of sp³-hybridized carbons (Fsp3) is 0.438. The number of aromatic nitrogens is 2. The Hall–Kier alpha value is -1.48. The first-order valence-corrected chi connectivity index (χ1v) is 7.68. The van der Waals surface area contributed by atoms with E-state index >= 15 is 0 Å². The number of nitrogens with zero attached hydrogens (tertiary/aromatic N) is 2. The van der Waals surface area contributed by atoms with E-state index in [0.29, 0.717) is 6.04 Å². The van der Waals surface area contributed by atoms with Crippen LogP contribution in [0.5, 0.6) is 0 Å². The van der Waals surface area contributed by atoms with Crippen LogP contribution in [0.1, 0.15) is 43.7 Å². The number of halogens is 1. The summed E-state index contributed by atoms with van der Waals surface area (Å²) in [4.78, 5) is 4.47. The Labute approximate surface area is 125 Å². The van der Waals surface area contributed by atoms with Gasteiger partial charge in [-0.1, -0.05) is 36.9 Å².